The van der Waals surface area contributed by atoms with Crippen molar-refractivity contribution in [1.29, 1.82) is 0 Å². The largest absolute Gasteiger partial charge is 0.451 e. The Hall–Kier alpha value is -2.35. The predicted octanol–water partition coefficient (Wildman–Crippen LogP) is 3.58. The summed E-state index contributed by atoms with van der Waals surface area (Å²) in [6.45, 7) is -0.210. The van der Waals surface area contributed by atoms with Crippen molar-refractivity contribution in [2.75, 3.05) is 6.54 Å². The lowest BCUT2D eigenvalue weighted by Crippen LogP contribution is -2.56. The van der Waals surface area contributed by atoms with Gasteiger partial charge in [0, 0.05) is 12.6 Å². The van der Waals surface area contributed by atoms with Gasteiger partial charge in [-0.15, -0.1) is 0 Å². The summed E-state index contributed by atoms with van der Waals surface area (Å²) in [6.07, 6.45) is -4.61. The number of hydrogen-bond acceptors (Lipinski definition) is 3. The van der Waals surface area contributed by atoms with Crippen molar-refractivity contribution in [2.45, 2.75) is 31.1 Å². The van der Waals surface area contributed by atoms with Crippen LogP contribution in [0.25, 0.3) is 11.3 Å². The van der Waals surface area contributed by atoms with E-state index in [1.54, 1.807) is 6.07 Å². The average Bonchev–Trinajstić information content (AvgIpc) is 3.03. The third kappa shape index (κ3) is 3.53. The number of rotatable bonds is 2. The molecule has 2 aromatic rings. The van der Waals surface area contributed by atoms with E-state index in [2.05, 4.69) is 0 Å². The van der Waals surface area contributed by atoms with E-state index in [1.807, 2.05) is 0 Å². The summed E-state index contributed by atoms with van der Waals surface area (Å²) in [6, 6.07) is 5.95. The highest BCUT2D eigenvalue weighted by Gasteiger charge is 2.48. The molecule has 1 aliphatic rings. The number of alkyl halides is 3. The number of carbonyl (C=O) groups excluding carboxylic acids is 1. The molecule has 0 spiro atoms. The summed E-state index contributed by atoms with van der Waals surface area (Å²) in [7, 11) is 0. The molecule has 1 fully saturated rings. The highest BCUT2D eigenvalue weighted by atomic mass is 19.4. The summed E-state index contributed by atoms with van der Waals surface area (Å²) in [5.74, 6) is -1.66. The maximum atomic E-state index is 13.8. The Bertz CT molecular complexity index is 772. The monoisotopic (exact) mass is 356 g/mol. The maximum absolute atomic E-state index is 13.8. The second kappa shape index (κ2) is 6.51. The van der Waals surface area contributed by atoms with Gasteiger partial charge < -0.3 is 15.1 Å². The summed E-state index contributed by atoms with van der Waals surface area (Å²) in [5.41, 5.74) is 5.85. The van der Waals surface area contributed by atoms with Crippen LogP contribution in [0.4, 0.5) is 17.6 Å². The molecule has 4 nitrogen and oxygen atoms in total. The van der Waals surface area contributed by atoms with E-state index in [4.69, 9.17) is 10.2 Å². The molecule has 1 amide bonds. The van der Waals surface area contributed by atoms with E-state index < -0.39 is 30.0 Å². The highest BCUT2D eigenvalue weighted by Crippen LogP contribution is 2.33. The van der Waals surface area contributed by atoms with E-state index >= 15 is 0 Å². The molecule has 3 rings (SSSR count). The van der Waals surface area contributed by atoms with Crippen LogP contribution in [0.15, 0.2) is 40.8 Å². The SMILES string of the molecule is N[C@H]1CC[C@@H](C(F)(F)F)N(C(=O)c2ccc(-c3ccccc3F)o2)C1. The Kier molecular flexibility index (Phi) is 4.55. The van der Waals surface area contributed by atoms with Crippen LogP contribution >= 0.6 is 0 Å². The minimum absolute atomic E-state index is 0.0753. The van der Waals surface area contributed by atoms with Crippen LogP contribution in [0.3, 0.4) is 0 Å². The molecule has 2 heterocycles. The molecule has 2 N–H and O–H groups in total. The van der Waals surface area contributed by atoms with Crippen molar-refractivity contribution in [1.82, 2.24) is 4.90 Å². The van der Waals surface area contributed by atoms with Gasteiger partial charge in [-0.2, -0.15) is 13.2 Å². The van der Waals surface area contributed by atoms with Crippen molar-refractivity contribution in [3.05, 3.63) is 48.0 Å². The van der Waals surface area contributed by atoms with Crippen molar-refractivity contribution < 1.29 is 26.8 Å². The van der Waals surface area contributed by atoms with Gasteiger partial charge in [-0.25, -0.2) is 4.39 Å². The Balaban J connectivity index is 1.88. The summed E-state index contributed by atoms with van der Waals surface area (Å²) < 4.78 is 58.7. The fourth-order valence-corrected chi connectivity index (χ4v) is 2.96. The molecule has 1 saturated heterocycles. The van der Waals surface area contributed by atoms with Gasteiger partial charge in [0.2, 0.25) is 0 Å². The zero-order valence-corrected chi connectivity index (χ0v) is 13.1. The molecule has 1 aromatic carbocycles. The number of furan rings is 1. The summed E-state index contributed by atoms with van der Waals surface area (Å²) >= 11 is 0. The smallest absolute Gasteiger partial charge is 0.408 e. The lowest BCUT2D eigenvalue weighted by atomic mass is 9.98. The fourth-order valence-electron chi connectivity index (χ4n) is 2.96. The normalized spacial score (nSPS) is 21.4. The minimum Gasteiger partial charge on any atom is -0.451 e. The number of nitrogens with zero attached hydrogens (tertiary/aromatic N) is 1. The minimum atomic E-state index is -4.54. The number of hydrogen-bond donors (Lipinski definition) is 1. The lowest BCUT2D eigenvalue weighted by molar-refractivity contribution is -0.184. The Morgan fingerprint density at radius 3 is 2.56 bits per heavy atom. The molecule has 2 atom stereocenters. The highest BCUT2D eigenvalue weighted by molar-refractivity contribution is 5.92. The van der Waals surface area contributed by atoms with Crippen molar-refractivity contribution >= 4 is 5.91 Å². The van der Waals surface area contributed by atoms with Gasteiger partial charge in [-0.3, -0.25) is 4.79 Å². The van der Waals surface area contributed by atoms with Gasteiger partial charge in [-0.05, 0) is 37.1 Å². The molecular weight excluding hydrogens is 340 g/mol. The number of amides is 1. The first-order valence-corrected chi connectivity index (χ1v) is 7.75. The molecule has 0 radical (unpaired) electrons. The van der Waals surface area contributed by atoms with Crippen LogP contribution in [0.2, 0.25) is 0 Å². The third-order valence-electron chi connectivity index (χ3n) is 4.21. The molecule has 134 valence electrons. The average molecular weight is 356 g/mol. The second-order valence-corrected chi connectivity index (χ2v) is 6.00. The second-order valence-electron chi connectivity index (χ2n) is 6.00. The van der Waals surface area contributed by atoms with E-state index in [1.165, 1.54) is 30.3 Å². The predicted molar refractivity (Wildman–Crippen MR) is 82.2 cm³/mol. The number of carbonyl (C=O) groups is 1. The summed E-state index contributed by atoms with van der Waals surface area (Å²) in [4.78, 5) is 13.2. The number of benzene rings is 1. The van der Waals surface area contributed by atoms with Crippen LogP contribution in [-0.2, 0) is 0 Å². The Morgan fingerprint density at radius 1 is 1.16 bits per heavy atom. The molecule has 25 heavy (non-hydrogen) atoms. The molecule has 0 aliphatic carbocycles. The van der Waals surface area contributed by atoms with Gasteiger partial charge in [0.15, 0.2) is 5.76 Å². The summed E-state index contributed by atoms with van der Waals surface area (Å²) in [5, 5.41) is 0. The zero-order chi connectivity index (χ0) is 18.2. The molecule has 0 saturated carbocycles. The first kappa shape index (κ1) is 17.5. The van der Waals surface area contributed by atoms with Gasteiger partial charge in [0.25, 0.3) is 5.91 Å². The van der Waals surface area contributed by atoms with E-state index in [-0.39, 0.29) is 36.5 Å². The topological polar surface area (TPSA) is 59.5 Å². The van der Waals surface area contributed by atoms with Crippen molar-refractivity contribution in [2.24, 2.45) is 5.73 Å². The lowest BCUT2D eigenvalue weighted by Gasteiger charge is -2.38. The molecule has 1 aliphatic heterocycles. The van der Waals surface area contributed by atoms with Crippen LogP contribution in [0.1, 0.15) is 23.4 Å². The van der Waals surface area contributed by atoms with Crippen LogP contribution in [-0.4, -0.2) is 35.6 Å². The fraction of sp³-hybridized carbons (Fsp3) is 0.353. The first-order chi connectivity index (χ1) is 11.8. The standard InChI is InChI=1S/C17H16F4N2O2/c18-12-4-2-1-3-11(12)13-6-7-14(25-13)16(24)23-9-10(22)5-8-15(23)17(19,20)21/h1-4,6-7,10,15H,5,8-9,22H2/t10-,15-/m0/s1. The molecule has 0 unspecified atom stereocenters. The van der Waals surface area contributed by atoms with Gasteiger partial charge in [0.05, 0.1) is 5.56 Å². The quantitative estimate of drug-likeness (QED) is 0.837. The maximum Gasteiger partial charge on any atom is 0.408 e. The molecule has 8 heteroatoms. The van der Waals surface area contributed by atoms with Crippen molar-refractivity contribution in [3.8, 4) is 11.3 Å². The van der Waals surface area contributed by atoms with E-state index in [0.717, 1.165) is 0 Å². The van der Waals surface area contributed by atoms with Crippen molar-refractivity contribution in [3.63, 3.8) is 0 Å². The van der Waals surface area contributed by atoms with Crippen LogP contribution < -0.4 is 5.73 Å². The van der Waals surface area contributed by atoms with Crippen LogP contribution in [0, 0.1) is 5.82 Å². The van der Waals surface area contributed by atoms with Crippen LogP contribution in [0.5, 0.6) is 0 Å². The first-order valence-electron chi connectivity index (χ1n) is 7.75. The Morgan fingerprint density at radius 2 is 1.88 bits per heavy atom. The molecular formula is C17H16F4N2O2. The van der Waals surface area contributed by atoms with Gasteiger partial charge in [0.1, 0.15) is 17.6 Å². The number of likely N-dealkylation sites (tertiary alicyclic amines) is 1. The number of nitrogens with two attached hydrogens (primary N) is 1. The third-order valence-corrected chi connectivity index (χ3v) is 4.21. The van der Waals surface area contributed by atoms with E-state index in [0.29, 0.717) is 4.90 Å². The molecule has 1 aromatic heterocycles. The van der Waals surface area contributed by atoms with Gasteiger partial charge >= 0.3 is 6.18 Å². The van der Waals surface area contributed by atoms with Gasteiger partial charge in [-0.1, -0.05) is 12.1 Å². The Labute approximate surface area is 141 Å². The van der Waals surface area contributed by atoms with E-state index in [9.17, 15) is 22.4 Å². The molecule has 0 bridgehead atoms. The number of piperidine rings is 1. The number of halogens is 4. The zero-order valence-electron chi connectivity index (χ0n) is 13.1.